The van der Waals surface area contributed by atoms with E-state index < -0.39 is 0 Å². The minimum atomic E-state index is -0.146. The molecule has 2 rings (SSSR count). The number of benzene rings is 1. The van der Waals surface area contributed by atoms with E-state index in [9.17, 15) is 4.39 Å². The van der Waals surface area contributed by atoms with Crippen LogP contribution < -0.4 is 10.2 Å². The van der Waals surface area contributed by atoms with Crippen LogP contribution in [0.2, 0.25) is 0 Å². The van der Waals surface area contributed by atoms with Crippen LogP contribution >= 0.6 is 0 Å². The molecular formula is C17H28FN3. The van der Waals surface area contributed by atoms with E-state index in [0.717, 1.165) is 51.4 Å². The van der Waals surface area contributed by atoms with E-state index in [1.54, 1.807) is 12.1 Å². The van der Waals surface area contributed by atoms with Gasteiger partial charge in [0.05, 0.1) is 0 Å². The molecule has 1 aromatic carbocycles. The van der Waals surface area contributed by atoms with Crippen LogP contribution in [0, 0.1) is 11.7 Å². The van der Waals surface area contributed by atoms with Crippen molar-refractivity contribution in [3.05, 3.63) is 29.6 Å². The highest BCUT2D eigenvalue weighted by Gasteiger charge is 2.18. The predicted octanol–water partition coefficient (Wildman–Crippen LogP) is 2.71. The average molecular weight is 293 g/mol. The third-order valence-corrected chi connectivity index (χ3v) is 4.07. The van der Waals surface area contributed by atoms with Crippen molar-refractivity contribution >= 4 is 5.69 Å². The number of rotatable bonds is 6. The predicted molar refractivity (Wildman–Crippen MR) is 87.3 cm³/mol. The summed E-state index contributed by atoms with van der Waals surface area (Å²) in [7, 11) is 0. The second-order valence-electron chi connectivity index (χ2n) is 6.22. The summed E-state index contributed by atoms with van der Waals surface area (Å²) in [6.45, 7) is 13.6. The number of nitrogens with one attached hydrogen (secondary N) is 1. The third kappa shape index (κ3) is 4.68. The van der Waals surface area contributed by atoms with Gasteiger partial charge < -0.3 is 15.1 Å². The van der Waals surface area contributed by atoms with E-state index in [2.05, 4.69) is 35.9 Å². The van der Waals surface area contributed by atoms with Gasteiger partial charge in [0.15, 0.2) is 0 Å². The Labute approximate surface area is 128 Å². The molecule has 0 saturated carbocycles. The Balaban J connectivity index is 2.04. The fourth-order valence-electron chi connectivity index (χ4n) is 2.80. The van der Waals surface area contributed by atoms with Gasteiger partial charge in [-0.1, -0.05) is 20.8 Å². The second kappa shape index (κ2) is 7.76. The Morgan fingerprint density at radius 3 is 2.52 bits per heavy atom. The molecular weight excluding hydrogens is 265 g/mol. The molecule has 4 heteroatoms. The maximum absolute atomic E-state index is 13.6. The van der Waals surface area contributed by atoms with Gasteiger partial charge in [-0.25, -0.2) is 4.39 Å². The van der Waals surface area contributed by atoms with Gasteiger partial charge >= 0.3 is 0 Å². The lowest BCUT2D eigenvalue weighted by Crippen LogP contribution is -2.46. The second-order valence-corrected chi connectivity index (χ2v) is 6.22. The van der Waals surface area contributed by atoms with Crippen LogP contribution in [0.1, 0.15) is 26.3 Å². The van der Waals surface area contributed by atoms with Crippen molar-refractivity contribution in [2.75, 3.05) is 44.2 Å². The van der Waals surface area contributed by atoms with Crippen molar-refractivity contribution in [1.29, 1.82) is 0 Å². The van der Waals surface area contributed by atoms with Crippen LogP contribution in [-0.4, -0.2) is 44.2 Å². The maximum Gasteiger partial charge on any atom is 0.123 e. The molecule has 1 aliphatic rings. The first kappa shape index (κ1) is 16.2. The minimum absolute atomic E-state index is 0.146. The van der Waals surface area contributed by atoms with Crippen molar-refractivity contribution in [3.8, 4) is 0 Å². The molecule has 21 heavy (non-hydrogen) atoms. The van der Waals surface area contributed by atoms with Crippen LogP contribution in [0.4, 0.5) is 10.1 Å². The molecule has 1 N–H and O–H groups in total. The molecule has 1 aliphatic heterocycles. The Morgan fingerprint density at radius 2 is 1.90 bits per heavy atom. The van der Waals surface area contributed by atoms with E-state index in [0.29, 0.717) is 5.92 Å². The minimum Gasteiger partial charge on any atom is -0.369 e. The van der Waals surface area contributed by atoms with Crippen LogP contribution in [0.5, 0.6) is 0 Å². The number of hydrogen-bond acceptors (Lipinski definition) is 3. The zero-order chi connectivity index (χ0) is 15.2. The SMILES string of the molecule is CCN1CCN(c2ccc(F)cc2CNCC(C)C)CC1. The first-order chi connectivity index (χ1) is 10.1. The summed E-state index contributed by atoms with van der Waals surface area (Å²) in [6, 6.07) is 5.19. The highest BCUT2D eigenvalue weighted by molar-refractivity contribution is 5.54. The summed E-state index contributed by atoms with van der Waals surface area (Å²) >= 11 is 0. The molecule has 0 atom stereocenters. The van der Waals surface area contributed by atoms with E-state index in [-0.39, 0.29) is 5.82 Å². The van der Waals surface area contributed by atoms with Crippen LogP contribution in [-0.2, 0) is 6.54 Å². The molecule has 0 aliphatic carbocycles. The summed E-state index contributed by atoms with van der Waals surface area (Å²) in [5.74, 6) is 0.461. The Kier molecular flexibility index (Phi) is 6.00. The number of nitrogens with zero attached hydrogens (tertiary/aromatic N) is 2. The summed E-state index contributed by atoms with van der Waals surface area (Å²) in [5, 5.41) is 3.42. The molecule has 0 radical (unpaired) electrons. The smallest absolute Gasteiger partial charge is 0.123 e. The molecule has 1 fully saturated rings. The van der Waals surface area contributed by atoms with Crippen molar-refractivity contribution in [3.63, 3.8) is 0 Å². The summed E-state index contributed by atoms with van der Waals surface area (Å²) in [4.78, 5) is 4.84. The normalized spacial score (nSPS) is 16.7. The fraction of sp³-hybridized carbons (Fsp3) is 0.647. The molecule has 118 valence electrons. The molecule has 0 unspecified atom stereocenters. The molecule has 3 nitrogen and oxygen atoms in total. The number of piperazine rings is 1. The molecule has 0 bridgehead atoms. The van der Waals surface area contributed by atoms with Gasteiger partial charge in [-0.2, -0.15) is 0 Å². The Hall–Kier alpha value is -1.13. The monoisotopic (exact) mass is 293 g/mol. The van der Waals surface area contributed by atoms with E-state index in [1.807, 2.05) is 6.07 Å². The van der Waals surface area contributed by atoms with Crippen LogP contribution in [0.15, 0.2) is 18.2 Å². The summed E-state index contributed by atoms with van der Waals surface area (Å²) in [6.07, 6.45) is 0. The van der Waals surface area contributed by atoms with Crippen molar-refractivity contribution < 1.29 is 4.39 Å². The van der Waals surface area contributed by atoms with Crippen molar-refractivity contribution in [1.82, 2.24) is 10.2 Å². The molecule has 1 saturated heterocycles. The lowest BCUT2D eigenvalue weighted by Gasteiger charge is -2.36. The van der Waals surface area contributed by atoms with Gasteiger partial charge in [-0.15, -0.1) is 0 Å². The first-order valence-corrected chi connectivity index (χ1v) is 8.06. The standard InChI is InChI=1S/C17H28FN3/c1-4-20-7-9-21(10-8-20)17-6-5-16(18)11-15(17)13-19-12-14(2)3/h5-6,11,14,19H,4,7-10,12-13H2,1-3H3. The van der Waals surface area contributed by atoms with Gasteiger partial charge in [-0.3, -0.25) is 0 Å². The van der Waals surface area contributed by atoms with Gasteiger partial charge in [-0.05, 0) is 42.8 Å². The van der Waals surface area contributed by atoms with Crippen molar-refractivity contribution in [2.24, 2.45) is 5.92 Å². The molecule has 1 aromatic rings. The van der Waals surface area contributed by atoms with E-state index in [4.69, 9.17) is 0 Å². The first-order valence-electron chi connectivity index (χ1n) is 8.06. The Bertz CT molecular complexity index is 440. The Morgan fingerprint density at radius 1 is 1.19 bits per heavy atom. The summed E-state index contributed by atoms with van der Waals surface area (Å²) in [5.41, 5.74) is 2.25. The molecule has 0 amide bonds. The number of likely N-dealkylation sites (N-methyl/N-ethyl adjacent to an activating group) is 1. The zero-order valence-electron chi connectivity index (χ0n) is 13.5. The van der Waals surface area contributed by atoms with Crippen LogP contribution in [0.25, 0.3) is 0 Å². The maximum atomic E-state index is 13.6. The zero-order valence-corrected chi connectivity index (χ0v) is 13.5. The molecule has 0 spiro atoms. The average Bonchev–Trinajstić information content (AvgIpc) is 2.47. The fourth-order valence-corrected chi connectivity index (χ4v) is 2.80. The lowest BCUT2D eigenvalue weighted by atomic mass is 10.1. The van der Waals surface area contributed by atoms with Crippen molar-refractivity contribution in [2.45, 2.75) is 27.3 Å². The van der Waals surface area contributed by atoms with Gasteiger partial charge in [0.25, 0.3) is 0 Å². The highest BCUT2D eigenvalue weighted by Crippen LogP contribution is 2.23. The number of halogens is 1. The summed E-state index contributed by atoms with van der Waals surface area (Å²) < 4.78 is 13.6. The topological polar surface area (TPSA) is 18.5 Å². The van der Waals surface area contributed by atoms with E-state index in [1.165, 1.54) is 5.69 Å². The molecule has 0 aromatic heterocycles. The van der Waals surface area contributed by atoms with E-state index >= 15 is 0 Å². The lowest BCUT2D eigenvalue weighted by molar-refractivity contribution is 0.271. The number of anilines is 1. The van der Waals surface area contributed by atoms with Gasteiger partial charge in [0.1, 0.15) is 5.82 Å². The molecule has 1 heterocycles. The third-order valence-electron chi connectivity index (χ3n) is 4.07. The van der Waals surface area contributed by atoms with Crippen LogP contribution in [0.3, 0.4) is 0 Å². The van der Waals surface area contributed by atoms with Gasteiger partial charge in [0, 0.05) is 38.4 Å². The largest absolute Gasteiger partial charge is 0.369 e. The number of hydrogen-bond donors (Lipinski definition) is 1. The highest BCUT2D eigenvalue weighted by atomic mass is 19.1. The quantitative estimate of drug-likeness (QED) is 0.870. The van der Waals surface area contributed by atoms with Gasteiger partial charge in [0.2, 0.25) is 0 Å².